The molecule has 2 heterocycles. The quantitative estimate of drug-likeness (QED) is 0.612. The third-order valence-corrected chi connectivity index (χ3v) is 2.72. The first-order chi connectivity index (χ1) is 9.13. The van der Waals surface area contributed by atoms with E-state index in [9.17, 15) is 10.1 Å². The van der Waals surface area contributed by atoms with Crippen molar-refractivity contribution in [2.24, 2.45) is 0 Å². The molecule has 0 aliphatic heterocycles. The summed E-state index contributed by atoms with van der Waals surface area (Å²) in [6.07, 6.45) is 2.50. The van der Waals surface area contributed by atoms with E-state index in [0.717, 1.165) is 12.1 Å². The van der Waals surface area contributed by atoms with Crippen LogP contribution in [-0.2, 0) is 13.1 Å². The lowest BCUT2D eigenvalue weighted by Gasteiger charge is -2.07. The molecular weight excluding hydrogens is 248 g/mol. The number of rotatable bonds is 6. The highest BCUT2D eigenvalue weighted by Gasteiger charge is 2.24. The minimum Gasteiger partial charge on any atom is -0.359 e. The number of anilines is 1. The van der Waals surface area contributed by atoms with E-state index in [1.54, 1.807) is 17.8 Å². The summed E-state index contributed by atoms with van der Waals surface area (Å²) in [5, 5.41) is 25.0. The number of nitro groups is 1. The molecule has 2 aromatic rings. The second-order valence-electron chi connectivity index (χ2n) is 4.20. The van der Waals surface area contributed by atoms with Crippen molar-refractivity contribution in [3.63, 3.8) is 0 Å². The summed E-state index contributed by atoms with van der Waals surface area (Å²) in [5.74, 6) is 0.443. The summed E-state index contributed by atoms with van der Waals surface area (Å²) in [5.41, 5.74) is 1.31. The van der Waals surface area contributed by atoms with Gasteiger partial charge >= 0.3 is 5.69 Å². The average Bonchev–Trinajstić information content (AvgIpc) is 2.95. The SMILES string of the molecule is CCCn1nc(C)c([N+](=O)[O-])c1NCc1ccn[nH]1. The van der Waals surface area contributed by atoms with Gasteiger partial charge in [0.2, 0.25) is 5.82 Å². The van der Waals surface area contributed by atoms with Gasteiger partial charge in [-0.1, -0.05) is 6.92 Å². The zero-order valence-corrected chi connectivity index (χ0v) is 10.9. The molecule has 0 unspecified atom stereocenters. The van der Waals surface area contributed by atoms with Crippen molar-refractivity contribution >= 4 is 11.5 Å². The van der Waals surface area contributed by atoms with Gasteiger partial charge in [0.05, 0.1) is 17.2 Å². The largest absolute Gasteiger partial charge is 0.359 e. The summed E-state index contributed by atoms with van der Waals surface area (Å²) in [6.45, 7) is 4.73. The number of aryl methyl sites for hydroxylation is 2. The van der Waals surface area contributed by atoms with Crippen LogP contribution in [0.1, 0.15) is 24.7 Å². The van der Waals surface area contributed by atoms with Crippen LogP contribution in [0.2, 0.25) is 0 Å². The number of nitrogens with one attached hydrogen (secondary N) is 2. The fraction of sp³-hybridized carbons (Fsp3) is 0.455. The van der Waals surface area contributed by atoms with Crippen molar-refractivity contribution in [3.8, 4) is 0 Å². The highest BCUT2D eigenvalue weighted by molar-refractivity contribution is 5.59. The van der Waals surface area contributed by atoms with Crippen molar-refractivity contribution in [1.82, 2.24) is 20.0 Å². The van der Waals surface area contributed by atoms with Gasteiger partial charge in [-0.15, -0.1) is 0 Å². The van der Waals surface area contributed by atoms with E-state index >= 15 is 0 Å². The van der Waals surface area contributed by atoms with Gasteiger partial charge in [-0.3, -0.25) is 15.2 Å². The van der Waals surface area contributed by atoms with Crippen molar-refractivity contribution in [1.29, 1.82) is 0 Å². The summed E-state index contributed by atoms with van der Waals surface area (Å²) in [7, 11) is 0. The number of aromatic amines is 1. The highest BCUT2D eigenvalue weighted by atomic mass is 16.6. The summed E-state index contributed by atoms with van der Waals surface area (Å²) in [6, 6.07) is 1.81. The Kier molecular flexibility index (Phi) is 3.79. The smallest absolute Gasteiger partial charge is 0.333 e. The Hall–Kier alpha value is -2.38. The second-order valence-corrected chi connectivity index (χ2v) is 4.20. The first-order valence-corrected chi connectivity index (χ1v) is 6.07. The average molecular weight is 264 g/mol. The molecule has 2 N–H and O–H groups in total. The van der Waals surface area contributed by atoms with Gasteiger partial charge in [-0.2, -0.15) is 10.2 Å². The lowest BCUT2D eigenvalue weighted by atomic mass is 10.3. The fourth-order valence-electron chi connectivity index (χ4n) is 1.90. The lowest BCUT2D eigenvalue weighted by Crippen LogP contribution is -2.09. The second kappa shape index (κ2) is 5.51. The molecule has 0 saturated heterocycles. The zero-order valence-electron chi connectivity index (χ0n) is 10.9. The van der Waals surface area contributed by atoms with Crippen molar-refractivity contribution < 1.29 is 4.92 Å². The first-order valence-electron chi connectivity index (χ1n) is 6.07. The molecule has 2 rings (SSSR count). The Morgan fingerprint density at radius 3 is 2.95 bits per heavy atom. The molecule has 0 radical (unpaired) electrons. The van der Waals surface area contributed by atoms with Gasteiger partial charge in [0.25, 0.3) is 0 Å². The minimum atomic E-state index is -0.399. The van der Waals surface area contributed by atoms with Crippen LogP contribution in [0.15, 0.2) is 12.3 Å². The molecule has 2 aromatic heterocycles. The Morgan fingerprint density at radius 2 is 2.37 bits per heavy atom. The van der Waals surface area contributed by atoms with E-state index in [-0.39, 0.29) is 5.69 Å². The highest BCUT2D eigenvalue weighted by Crippen LogP contribution is 2.28. The predicted octanol–water partition coefficient (Wildman–Crippen LogP) is 1.84. The van der Waals surface area contributed by atoms with Gasteiger partial charge < -0.3 is 5.32 Å². The minimum absolute atomic E-state index is 0.0352. The van der Waals surface area contributed by atoms with E-state index in [1.165, 1.54) is 0 Å². The van der Waals surface area contributed by atoms with Crippen molar-refractivity contribution in [2.75, 3.05) is 5.32 Å². The van der Waals surface area contributed by atoms with Gasteiger partial charge in [-0.25, -0.2) is 4.68 Å². The van der Waals surface area contributed by atoms with Crippen molar-refractivity contribution in [3.05, 3.63) is 33.8 Å². The maximum atomic E-state index is 11.1. The van der Waals surface area contributed by atoms with Crippen molar-refractivity contribution in [2.45, 2.75) is 33.4 Å². The molecular formula is C11H16N6O2. The fourth-order valence-corrected chi connectivity index (χ4v) is 1.90. The molecule has 0 aliphatic carbocycles. The zero-order chi connectivity index (χ0) is 13.8. The standard InChI is InChI=1S/C11H16N6O2/c1-3-6-16-11(10(17(18)19)8(2)15-16)12-7-9-4-5-13-14-9/h4-5,12H,3,6-7H2,1-2H3,(H,13,14). The van der Waals surface area contributed by atoms with E-state index < -0.39 is 4.92 Å². The molecule has 0 spiro atoms. The van der Waals surface area contributed by atoms with E-state index in [4.69, 9.17) is 0 Å². The van der Waals surface area contributed by atoms with E-state index in [1.807, 2.05) is 13.0 Å². The van der Waals surface area contributed by atoms with E-state index in [2.05, 4.69) is 20.6 Å². The molecule has 0 fully saturated rings. The van der Waals surface area contributed by atoms with Gasteiger partial charge in [-0.05, 0) is 19.4 Å². The molecule has 19 heavy (non-hydrogen) atoms. The monoisotopic (exact) mass is 264 g/mol. The van der Waals surface area contributed by atoms with Crippen LogP contribution in [-0.4, -0.2) is 24.9 Å². The van der Waals surface area contributed by atoms with Gasteiger partial charge in [0.1, 0.15) is 5.69 Å². The van der Waals surface area contributed by atoms with E-state index in [0.29, 0.717) is 24.6 Å². The Bertz CT molecular complexity index is 560. The van der Waals surface area contributed by atoms with Crippen LogP contribution in [0, 0.1) is 17.0 Å². The summed E-state index contributed by atoms with van der Waals surface area (Å²) >= 11 is 0. The molecule has 0 bridgehead atoms. The third-order valence-electron chi connectivity index (χ3n) is 2.72. The molecule has 102 valence electrons. The maximum absolute atomic E-state index is 11.1. The van der Waals surface area contributed by atoms with Crippen LogP contribution >= 0.6 is 0 Å². The lowest BCUT2D eigenvalue weighted by molar-refractivity contribution is -0.384. The van der Waals surface area contributed by atoms with Gasteiger partial charge in [0.15, 0.2) is 0 Å². The molecule has 8 nitrogen and oxygen atoms in total. The van der Waals surface area contributed by atoms with Crippen LogP contribution in [0.4, 0.5) is 11.5 Å². The summed E-state index contributed by atoms with van der Waals surface area (Å²) in [4.78, 5) is 10.7. The topological polar surface area (TPSA) is 102 Å². The van der Waals surface area contributed by atoms with Crippen LogP contribution < -0.4 is 5.32 Å². The van der Waals surface area contributed by atoms with Crippen LogP contribution in [0.3, 0.4) is 0 Å². The molecule has 0 aliphatic rings. The number of aromatic nitrogens is 4. The van der Waals surface area contributed by atoms with Crippen LogP contribution in [0.5, 0.6) is 0 Å². The molecule has 8 heteroatoms. The number of H-pyrrole nitrogens is 1. The molecule has 0 amide bonds. The maximum Gasteiger partial charge on any atom is 0.333 e. The Morgan fingerprint density at radius 1 is 1.58 bits per heavy atom. The Labute approximate surface area is 110 Å². The number of nitrogens with zero attached hydrogens (tertiary/aromatic N) is 4. The first kappa shape index (κ1) is 13.1. The predicted molar refractivity (Wildman–Crippen MR) is 69.8 cm³/mol. The molecule has 0 saturated carbocycles. The Balaban J connectivity index is 2.27. The summed E-state index contributed by atoms with van der Waals surface area (Å²) < 4.78 is 1.64. The third kappa shape index (κ3) is 2.72. The number of hydrogen-bond acceptors (Lipinski definition) is 5. The van der Waals surface area contributed by atoms with Crippen LogP contribution in [0.25, 0.3) is 0 Å². The van der Waals surface area contributed by atoms with Gasteiger partial charge in [0, 0.05) is 12.7 Å². The molecule has 0 atom stereocenters. The molecule has 0 aromatic carbocycles. The number of hydrogen-bond donors (Lipinski definition) is 2. The normalized spacial score (nSPS) is 10.6.